The van der Waals surface area contributed by atoms with Crippen LogP contribution in [0.3, 0.4) is 0 Å². The highest BCUT2D eigenvalue weighted by atomic mass is 32.2. The van der Waals surface area contributed by atoms with Gasteiger partial charge in [-0.15, -0.1) is 0 Å². The van der Waals surface area contributed by atoms with Crippen LogP contribution in [0.1, 0.15) is 25.5 Å². The Morgan fingerprint density at radius 1 is 1.29 bits per heavy atom. The van der Waals surface area contributed by atoms with E-state index in [-0.39, 0.29) is 11.7 Å². The lowest BCUT2D eigenvalue weighted by Crippen LogP contribution is -2.45. The third-order valence-electron chi connectivity index (χ3n) is 3.07. The molecule has 0 spiro atoms. The molecule has 21 heavy (non-hydrogen) atoms. The maximum atomic E-state index is 12.1. The van der Waals surface area contributed by atoms with E-state index in [9.17, 15) is 13.2 Å². The molecular weight excluding hydrogens is 294 g/mol. The first-order chi connectivity index (χ1) is 9.76. The summed E-state index contributed by atoms with van der Waals surface area (Å²) < 4.78 is 31.7. The molecule has 0 aliphatic heterocycles. The summed E-state index contributed by atoms with van der Waals surface area (Å²) in [4.78, 5) is 11.1. The van der Waals surface area contributed by atoms with Crippen molar-refractivity contribution in [1.82, 2.24) is 4.72 Å². The highest BCUT2D eigenvalue weighted by Gasteiger charge is 2.29. The van der Waals surface area contributed by atoms with Gasteiger partial charge in [-0.1, -0.05) is 44.2 Å². The Morgan fingerprint density at radius 2 is 1.86 bits per heavy atom. The summed E-state index contributed by atoms with van der Waals surface area (Å²) in [6, 6.07) is 7.78. The van der Waals surface area contributed by atoms with Crippen molar-refractivity contribution < 1.29 is 23.1 Å². The Balaban J connectivity index is 2.85. The molecular formula is C14H21NO5S. The number of sulfonamides is 1. The first-order valence-electron chi connectivity index (χ1n) is 6.57. The average molecular weight is 315 g/mol. The van der Waals surface area contributed by atoms with Crippen LogP contribution in [0.25, 0.3) is 0 Å². The molecule has 0 aliphatic rings. The van der Waals surface area contributed by atoms with E-state index in [1.165, 1.54) is 7.11 Å². The van der Waals surface area contributed by atoms with Crippen molar-refractivity contribution in [3.05, 3.63) is 35.9 Å². The molecule has 2 atom stereocenters. The maximum Gasteiger partial charge on any atom is 0.321 e. The number of carboxylic acids is 1. The van der Waals surface area contributed by atoms with Crippen molar-refractivity contribution in [2.75, 3.05) is 12.9 Å². The molecule has 0 fully saturated rings. The minimum absolute atomic E-state index is 0.329. The molecule has 118 valence electrons. The monoisotopic (exact) mass is 315 g/mol. The van der Waals surface area contributed by atoms with Gasteiger partial charge in [-0.05, 0) is 11.5 Å². The lowest BCUT2D eigenvalue weighted by molar-refractivity contribution is -0.140. The zero-order chi connectivity index (χ0) is 16.0. The van der Waals surface area contributed by atoms with Crippen LogP contribution in [0, 0.1) is 5.92 Å². The molecule has 0 amide bonds. The molecule has 1 rings (SSSR count). The number of hydrogen-bond donors (Lipinski definition) is 2. The van der Waals surface area contributed by atoms with E-state index in [1.807, 2.05) is 6.07 Å². The Kier molecular flexibility index (Phi) is 6.32. The van der Waals surface area contributed by atoms with Crippen LogP contribution in [-0.2, 0) is 19.6 Å². The van der Waals surface area contributed by atoms with Gasteiger partial charge in [0, 0.05) is 7.11 Å². The highest BCUT2D eigenvalue weighted by molar-refractivity contribution is 7.89. The number of ether oxygens (including phenoxy) is 1. The van der Waals surface area contributed by atoms with Crippen molar-refractivity contribution in [3.63, 3.8) is 0 Å². The van der Waals surface area contributed by atoms with E-state index in [0.29, 0.717) is 0 Å². The normalized spacial score (nSPS) is 14.9. The Labute approximate surface area is 125 Å². The lowest BCUT2D eigenvalue weighted by Gasteiger charge is -2.21. The molecule has 0 saturated heterocycles. The number of methoxy groups -OCH3 is 1. The fourth-order valence-electron chi connectivity index (χ4n) is 1.88. The maximum absolute atomic E-state index is 12.1. The van der Waals surface area contributed by atoms with Gasteiger partial charge >= 0.3 is 5.97 Å². The van der Waals surface area contributed by atoms with Gasteiger partial charge in [0.1, 0.15) is 6.04 Å². The molecule has 0 saturated carbocycles. The van der Waals surface area contributed by atoms with Gasteiger partial charge < -0.3 is 9.84 Å². The van der Waals surface area contributed by atoms with Crippen LogP contribution < -0.4 is 4.72 Å². The number of carbonyl (C=O) groups is 1. The largest absolute Gasteiger partial charge is 0.480 e. The van der Waals surface area contributed by atoms with Crippen LogP contribution in [0.2, 0.25) is 0 Å². The minimum atomic E-state index is -3.79. The van der Waals surface area contributed by atoms with Gasteiger partial charge in [0.15, 0.2) is 0 Å². The zero-order valence-corrected chi connectivity index (χ0v) is 13.1. The first-order valence-corrected chi connectivity index (χ1v) is 8.22. The number of carboxylic acid groups (broad SMARTS) is 1. The van der Waals surface area contributed by atoms with Gasteiger partial charge in [0.2, 0.25) is 10.0 Å². The van der Waals surface area contributed by atoms with Crippen LogP contribution >= 0.6 is 0 Å². The highest BCUT2D eigenvalue weighted by Crippen LogP contribution is 2.18. The third kappa shape index (κ3) is 5.45. The Morgan fingerprint density at radius 3 is 2.29 bits per heavy atom. The number of benzene rings is 1. The third-order valence-corrected chi connectivity index (χ3v) is 4.42. The summed E-state index contributed by atoms with van der Waals surface area (Å²) in [5, 5.41) is 9.06. The van der Waals surface area contributed by atoms with E-state index < -0.39 is 28.1 Å². The molecule has 0 bridgehead atoms. The summed E-state index contributed by atoms with van der Waals surface area (Å²) >= 11 is 0. The van der Waals surface area contributed by atoms with Crippen LogP contribution in [0.15, 0.2) is 30.3 Å². The average Bonchev–Trinajstić information content (AvgIpc) is 2.42. The van der Waals surface area contributed by atoms with Crippen LogP contribution in [-0.4, -0.2) is 38.4 Å². The van der Waals surface area contributed by atoms with Crippen molar-refractivity contribution >= 4 is 16.0 Å². The number of nitrogens with one attached hydrogen (secondary N) is 1. The summed E-state index contributed by atoms with van der Waals surface area (Å²) in [7, 11) is -2.37. The number of aliphatic carboxylic acids is 1. The van der Waals surface area contributed by atoms with Gasteiger partial charge in [0.05, 0.1) is 11.9 Å². The van der Waals surface area contributed by atoms with Crippen molar-refractivity contribution in [3.8, 4) is 0 Å². The van der Waals surface area contributed by atoms with E-state index in [4.69, 9.17) is 9.84 Å². The molecule has 2 N–H and O–H groups in total. The van der Waals surface area contributed by atoms with Crippen LogP contribution in [0.5, 0.6) is 0 Å². The minimum Gasteiger partial charge on any atom is -0.480 e. The fraction of sp³-hybridized carbons (Fsp3) is 0.500. The van der Waals surface area contributed by atoms with Crippen molar-refractivity contribution in [2.24, 2.45) is 5.92 Å². The summed E-state index contributed by atoms with van der Waals surface area (Å²) in [5.41, 5.74) is 0.724. The molecule has 0 aromatic heterocycles. The van der Waals surface area contributed by atoms with Gasteiger partial charge in [0.25, 0.3) is 0 Å². The molecule has 0 aliphatic carbocycles. The van der Waals surface area contributed by atoms with E-state index >= 15 is 0 Å². The zero-order valence-electron chi connectivity index (χ0n) is 12.3. The van der Waals surface area contributed by atoms with Gasteiger partial charge in [-0.25, -0.2) is 13.1 Å². The lowest BCUT2D eigenvalue weighted by atomic mass is 10.1. The molecule has 1 aromatic rings. The molecule has 0 radical (unpaired) electrons. The first kappa shape index (κ1) is 17.6. The standard InChI is InChI=1S/C14H21NO5S/c1-10(2)13(14(16)17)15-21(18,19)9-12(20-3)11-7-5-4-6-8-11/h4-8,10,12-13,15H,9H2,1-3H3,(H,16,17). The molecule has 6 nitrogen and oxygen atoms in total. The molecule has 1 aromatic carbocycles. The van der Waals surface area contributed by atoms with E-state index in [1.54, 1.807) is 38.1 Å². The smallest absolute Gasteiger partial charge is 0.321 e. The number of hydrogen-bond acceptors (Lipinski definition) is 4. The van der Waals surface area contributed by atoms with E-state index in [2.05, 4.69) is 4.72 Å². The van der Waals surface area contributed by atoms with E-state index in [0.717, 1.165) is 5.56 Å². The van der Waals surface area contributed by atoms with Gasteiger partial charge in [-0.2, -0.15) is 0 Å². The second-order valence-corrected chi connectivity index (χ2v) is 6.89. The SMILES string of the molecule is COC(CS(=O)(=O)NC(C(=O)O)C(C)C)c1ccccc1. The Hall–Kier alpha value is -1.44. The predicted molar refractivity (Wildman–Crippen MR) is 79.4 cm³/mol. The second-order valence-electron chi connectivity index (χ2n) is 5.09. The van der Waals surface area contributed by atoms with Crippen molar-refractivity contribution in [2.45, 2.75) is 26.0 Å². The van der Waals surface area contributed by atoms with Crippen LogP contribution in [0.4, 0.5) is 0 Å². The summed E-state index contributed by atoms with van der Waals surface area (Å²) in [6.45, 7) is 3.29. The molecule has 7 heteroatoms. The fourth-order valence-corrected chi connectivity index (χ4v) is 3.46. The van der Waals surface area contributed by atoms with Gasteiger partial charge in [-0.3, -0.25) is 4.79 Å². The predicted octanol–water partition coefficient (Wildman–Crippen LogP) is 1.40. The second kappa shape index (κ2) is 7.53. The number of rotatable bonds is 8. The van der Waals surface area contributed by atoms with Crippen molar-refractivity contribution in [1.29, 1.82) is 0 Å². The topological polar surface area (TPSA) is 92.7 Å². The quantitative estimate of drug-likeness (QED) is 0.756. The molecule has 2 unspecified atom stereocenters. The molecule has 0 heterocycles. The summed E-state index contributed by atoms with van der Waals surface area (Å²) in [6.07, 6.45) is -0.648. The Bertz CT molecular complexity index is 556. The summed E-state index contributed by atoms with van der Waals surface area (Å²) in [5.74, 6) is -1.87.